The zero-order chi connectivity index (χ0) is 11.8. The van der Waals surface area contributed by atoms with Crippen molar-refractivity contribution in [3.05, 3.63) is 0 Å². The van der Waals surface area contributed by atoms with E-state index in [1.807, 2.05) is 0 Å². The lowest BCUT2D eigenvalue weighted by Crippen LogP contribution is -2.12. The van der Waals surface area contributed by atoms with Crippen LogP contribution >= 0.6 is 23.3 Å². The van der Waals surface area contributed by atoms with Crippen molar-refractivity contribution in [2.45, 2.75) is 31.8 Å². The van der Waals surface area contributed by atoms with E-state index in [-0.39, 0.29) is 0 Å². The SMILES string of the molecule is CCCCSc1nsc(NC(=O)OCC)n1. The number of nitrogens with one attached hydrogen (secondary N) is 1. The Morgan fingerprint density at radius 2 is 2.38 bits per heavy atom. The normalized spacial score (nSPS) is 10.1. The number of unbranched alkanes of at least 4 members (excludes halogenated alkanes) is 1. The average Bonchev–Trinajstić information content (AvgIpc) is 2.66. The minimum absolute atomic E-state index is 0.350. The van der Waals surface area contributed by atoms with Crippen molar-refractivity contribution < 1.29 is 9.53 Å². The molecule has 0 saturated heterocycles. The van der Waals surface area contributed by atoms with Crippen molar-refractivity contribution in [1.82, 2.24) is 9.36 Å². The quantitative estimate of drug-likeness (QED) is 0.630. The Morgan fingerprint density at radius 3 is 3.06 bits per heavy atom. The highest BCUT2D eigenvalue weighted by atomic mass is 32.2. The molecular formula is C9H15N3O2S2. The van der Waals surface area contributed by atoms with E-state index in [0.717, 1.165) is 18.6 Å². The van der Waals surface area contributed by atoms with Gasteiger partial charge in [0.2, 0.25) is 10.3 Å². The summed E-state index contributed by atoms with van der Waals surface area (Å²) in [4.78, 5) is 15.2. The second kappa shape index (κ2) is 7.45. The minimum Gasteiger partial charge on any atom is -0.450 e. The van der Waals surface area contributed by atoms with Gasteiger partial charge < -0.3 is 4.74 Å². The summed E-state index contributed by atoms with van der Waals surface area (Å²) in [6.45, 7) is 4.25. The van der Waals surface area contributed by atoms with E-state index in [9.17, 15) is 4.79 Å². The Bertz CT molecular complexity index is 330. The highest BCUT2D eigenvalue weighted by molar-refractivity contribution is 7.99. The van der Waals surface area contributed by atoms with Crippen LogP contribution in [0.2, 0.25) is 0 Å². The Kier molecular flexibility index (Phi) is 6.17. The largest absolute Gasteiger partial charge is 0.450 e. The second-order valence-corrected chi connectivity index (χ2v) is 4.74. The zero-order valence-electron chi connectivity index (χ0n) is 9.36. The van der Waals surface area contributed by atoms with Gasteiger partial charge in [-0.15, -0.1) is 0 Å². The van der Waals surface area contributed by atoms with Gasteiger partial charge in [0.25, 0.3) is 0 Å². The highest BCUT2D eigenvalue weighted by Gasteiger charge is 2.08. The number of thioether (sulfide) groups is 1. The summed E-state index contributed by atoms with van der Waals surface area (Å²) < 4.78 is 8.86. The van der Waals surface area contributed by atoms with E-state index < -0.39 is 6.09 Å². The van der Waals surface area contributed by atoms with Gasteiger partial charge >= 0.3 is 6.09 Å². The van der Waals surface area contributed by atoms with Crippen molar-refractivity contribution in [1.29, 1.82) is 0 Å². The molecule has 1 aromatic rings. The van der Waals surface area contributed by atoms with Crippen LogP contribution in [0.4, 0.5) is 9.93 Å². The topological polar surface area (TPSA) is 64.1 Å². The molecule has 0 spiro atoms. The molecule has 5 nitrogen and oxygen atoms in total. The van der Waals surface area contributed by atoms with Gasteiger partial charge in [-0.1, -0.05) is 25.1 Å². The number of hydrogen-bond donors (Lipinski definition) is 1. The molecule has 0 fully saturated rings. The number of anilines is 1. The highest BCUT2D eigenvalue weighted by Crippen LogP contribution is 2.20. The Morgan fingerprint density at radius 1 is 1.56 bits per heavy atom. The smallest absolute Gasteiger partial charge is 0.413 e. The first-order valence-electron chi connectivity index (χ1n) is 5.16. The van der Waals surface area contributed by atoms with Crippen LogP contribution in [0.5, 0.6) is 0 Å². The van der Waals surface area contributed by atoms with Gasteiger partial charge in [-0.3, -0.25) is 5.32 Å². The van der Waals surface area contributed by atoms with Crippen molar-refractivity contribution in [2.24, 2.45) is 0 Å². The summed E-state index contributed by atoms with van der Waals surface area (Å²) in [6.07, 6.45) is 1.82. The number of amides is 1. The molecular weight excluding hydrogens is 246 g/mol. The maximum Gasteiger partial charge on any atom is 0.413 e. The molecule has 0 aliphatic rings. The number of aromatic nitrogens is 2. The van der Waals surface area contributed by atoms with Gasteiger partial charge in [-0.05, 0) is 13.3 Å². The standard InChI is InChI=1S/C9H15N3O2S2/c1-3-5-6-15-8-10-7(16-12-8)11-9(13)14-4-2/h3-6H2,1-2H3,(H,10,11,12,13). The van der Waals surface area contributed by atoms with E-state index in [0.29, 0.717) is 16.9 Å². The third-order valence-electron chi connectivity index (χ3n) is 1.62. The molecule has 0 aliphatic heterocycles. The summed E-state index contributed by atoms with van der Waals surface area (Å²) in [5.41, 5.74) is 0. The molecule has 0 aliphatic carbocycles. The maximum atomic E-state index is 11.1. The van der Waals surface area contributed by atoms with Crippen LogP contribution in [0, 0.1) is 0 Å². The number of ether oxygens (including phenoxy) is 1. The van der Waals surface area contributed by atoms with Gasteiger partial charge in [0, 0.05) is 17.3 Å². The number of carbonyl (C=O) groups is 1. The third-order valence-corrected chi connectivity index (χ3v) is 3.30. The molecule has 1 rings (SSSR count). The van der Waals surface area contributed by atoms with Crippen molar-refractivity contribution in [3.8, 4) is 0 Å². The number of carbonyl (C=O) groups excluding carboxylic acids is 1. The fraction of sp³-hybridized carbons (Fsp3) is 0.667. The molecule has 7 heteroatoms. The predicted molar refractivity (Wildman–Crippen MR) is 66.2 cm³/mol. The minimum atomic E-state index is -0.483. The Balaban J connectivity index is 2.36. The zero-order valence-corrected chi connectivity index (χ0v) is 11.0. The van der Waals surface area contributed by atoms with Crippen LogP contribution in [0.25, 0.3) is 0 Å². The van der Waals surface area contributed by atoms with Crippen LogP contribution in [0.1, 0.15) is 26.7 Å². The van der Waals surface area contributed by atoms with E-state index in [1.54, 1.807) is 18.7 Å². The molecule has 1 N–H and O–H groups in total. The third kappa shape index (κ3) is 4.80. The molecule has 0 unspecified atom stereocenters. The Hall–Kier alpha value is -0.820. The number of nitrogens with zero attached hydrogens (tertiary/aromatic N) is 2. The fourth-order valence-corrected chi connectivity index (χ4v) is 2.50. The average molecular weight is 261 g/mol. The summed E-state index contributed by atoms with van der Waals surface area (Å²) in [7, 11) is 0. The second-order valence-electron chi connectivity index (χ2n) is 2.93. The first-order chi connectivity index (χ1) is 7.76. The van der Waals surface area contributed by atoms with Crippen LogP contribution in [0.3, 0.4) is 0 Å². The molecule has 90 valence electrons. The van der Waals surface area contributed by atoms with Gasteiger partial charge in [-0.2, -0.15) is 9.36 Å². The number of hydrogen-bond acceptors (Lipinski definition) is 6. The van der Waals surface area contributed by atoms with Crippen LogP contribution < -0.4 is 5.32 Å². The summed E-state index contributed by atoms with van der Waals surface area (Å²) in [6, 6.07) is 0. The van der Waals surface area contributed by atoms with Gasteiger partial charge in [0.05, 0.1) is 6.61 Å². The molecule has 1 amide bonds. The molecule has 0 aromatic carbocycles. The van der Waals surface area contributed by atoms with Gasteiger partial charge in [-0.25, -0.2) is 4.79 Å². The first-order valence-corrected chi connectivity index (χ1v) is 6.92. The molecule has 1 heterocycles. The van der Waals surface area contributed by atoms with Crippen LogP contribution in [-0.2, 0) is 4.74 Å². The molecule has 0 saturated carbocycles. The summed E-state index contributed by atoms with van der Waals surface area (Å²) in [5.74, 6) is 1.01. The molecule has 0 atom stereocenters. The lowest BCUT2D eigenvalue weighted by Gasteiger charge is -1.99. The van der Waals surface area contributed by atoms with Gasteiger partial charge in [0.15, 0.2) is 0 Å². The summed E-state index contributed by atoms with van der Waals surface area (Å²) >= 11 is 2.77. The van der Waals surface area contributed by atoms with Crippen LogP contribution in [0.15, 0.2) is 5.16 Å². The monoisotopic (exact) mass is 261 g/mol. The van der Waals surface area contributed by atoms with E-state index >= 15 is 0 Å². The van der Waals surface area contributed by atoms with Gasteiger partial charge in [0.1, 0.15) is 0 Å². The molecule has 0 bridgehead atoms. The summed E-state index contributed by atoms with van der Waals surface area (Å²) in [5, 5.41) is 3.72. The lowest BCUT2D eigenvalue weighted by atomic mass is 10.4. The van der Waals surface area contributed by atoms with E-state index in [1.165, 1.54) is 11.5 Å². The maximum absolute atomic E-state index is 11.1. The Labute approximate surface area is 103 Å². The molecule has 1 aromatic heterocycles. The van der Waals surface area contributed by atoms with E-state index in [2.05, 4.69) is 21.6 Å². The van der Waals surface area contributed by atoms with Crippen molar-refractivity contribution in [2.75, 3.05) is 17.7 Å². The first kappa shape index (κ1) is 13.2. The fourth-order valence-electron chi connectivity index (χ4n) is 0.882. The van der Waals surface area contributed by atoms with Crippen molar-refractivity contribution in [3.63, 3.8) is 0 Å². The molecule has 0 radical (unpaired) electrons. The predicted octanol–water partition coefficient (Wildman–Crippen LogP) is 3.00. The van der Waals surface area contributed by atoms with Crippen LogP contribution in [-0.4, -0.2) is 27.8 Å². The number of rotatable bonds is 6. The van der Waals surface area contributed by atoms with Crippen molar-refractivity contribution >= 4 is 34.5 Å². The van der Waals surface area contributed by atoms with E-state index in [4.69, 9.17) is 4.74 Å². The molecule has 16 heavy (non-hydrogen) atoms. The lowest BCUT2D eigenvalue weighted by molar-refractivity contribution is 0.168.